The van der Waals surface area contributed by atoms with Gasteiger partial charge in [0.05, 0.1) is 25.0 Å². The molecule has 0 bridgehead atoms. The van der Waals surface area contributed by atoms with Crippen molar-refractivity contribution in [3.63, 3.8) is 0 Å². The number of halogens is 1. The summed E-state index contributed by atoms with van der Waals surface area (Å²) >= 11 is 8.44. The van der Waals surface area contributed by atoms with Gasteiger partial charge < -0.3 is 14.9 Å². The van der Waals surface area contributed by atoms with Crippen molar-refractivity contribution in [3.05, 3.63) is 69.4 Å². The monoisotopic (exact) mass is 499 g/mol. The number of hydrogen-bond donors (Lipinski definition) is 1. The van der Waals surface area contributed by atoms with Crippen LogP contribution in [0, 0.1) is 11.3 Å². The van der Waals surface area contributed by atoms with Crippen LogP contribution < -0.4 is 5.73 Å². The van der Waals surface area contributed by atoms with Crippen LogP contribution in [0.4, 0.5) is 5.00 Å². The van der Waals surface area contributed by atoms with Gasteiger partial charge in [-0.2, -0.15) is 5.26 Å². The summed E-state index contributed by atoms with van der Waals surface area (Å²) in [6.45, 7) is 2.36. The molecule has 0 saturated heterocycles. The zero-order valence-electron chi connectivity index (χ0n) is 17.4. The first-order valence-corrected chi connectivity index (χ1v) is 12.0. The first-order chi connectivity index (χ1) is 16.0. The Morgan fingerprint density at radius 3 is 2.79 bits per heavy atom. The maximum Gasteiger partial charge on any atom is 0.348 e. The van der Waals surface area contributed by atoms with Gasteiger partial charge in [0.25, 0.3) is 0 Å². The van der Waals surface area contributed by atoms with Crippen molar-refractivity contribution in [1.82, 2.24) is 14.8 Å². The number of carbonyl (C=O) groups excluding carboxylic acids is 1. The maximum atomic E-state index is 12.4. The Kier molecular flexibility index (Phi) is 7.03. The molecular weight excluding hydrogens is 482 g/mol. The average Bonchev–Trinajstić information content (AvgIpc) is 3.53. The minimum atomic E-state index is -0.495. The van der Waals surface area contributed by atoms with Gasteiger partial charge in [-0.3, -0.25) is 4.57 Å². The van der Waals surface area contributed by atoms with Crippen molar-refractivity contribution in [2.24, 2.45) is 0 Å². The highest BCUT2D eigenvalue weighted by Crippen LogP contribution is 2.36. The molecule has 0 aliphatic rings. The Morgan fingerprint density at radius 1 is 1.33 bits per heavy atom. The zero-order chi connectivity index (χ0) is 23.4. The molecule has 0 aliphatic carbocycles. The van der Waals surface area contributed by atoms with Crippen LogP contribution >= 0.6 is 34.7 Å². The van der Waals surface area contributed by atoms with Gasteiger partial charge in [-0.15, -0.1) is 21.5 Å². The highest BCUT2D eigenvalue weighted by atomic mass is 35.5. The van der Waals surface area contributed by atoms with Crippen molar-refractivity contribution in [1.29, 1.82) is 5.26 Å². The molecule has 2 N–H and O–H groups in total. The molecule has 0 unspecified atom stereocenters. The molecule has 0 atom stereocenters. The molecule has 0 fully saturated rings. The first-order valence-electron chi connectivity index (χ1n) is 9.84. The first kappa shape index (κ1) is 22.9. The van der Waals surface area contributed by atoms with Crippen LogP contribution in [-0.2, 0) is 17.0 Å². The number of furan rings is 1. The molecule has 0 aliphatic heterocycles. The third kappa shape index (κ3) is 4.90. The topological polar surface area (TPSA) is 120 Å². The van der Waals surface area contributed by atoms with Crippen molar-refractivity contribution in [2.75, 3.05) is 12.3 Å². The lowest BCUT2D eigenvalue weighted by molar-refractivity contribution is 0.0531. The number of benzene rings is 1. The number of aromatic nitrogens is 3. The van der Waals surface area contributed by atoms with E-state index >= 15 is 0 Å². The highest BCUT2D eigenvalue weighted by molar-refractivity contribution is 7.98. The van der Waals surface area contributed by atoms with Gasteiger partial charge in [-0.05, 0) is 43.3 Å². The molecule has 4 aromatic rings. The molecule has 0 saturated carbocycles. The van der Waals surface area contributed by atoms with Crippen LogP contribution in [0.3, 0.4) is 0 Å². The molecule has 1 aromatic carbocycles. The van der Waals surface area contributed by atoms with Crippen LogP contribution in [-0.4, -0.2) is 27.3 Å². The van der Waals surface area contributed by atoms with Crippen molar-refractivity contribution in [2.45, 2.75) is 24.4 Å². The molecule has 3 heterocycles. The molecule has 168 valence electrons. The summed E-state index contributed by atoms with van der Waals surface area (Å²) in [5.74, 6) is 1.17. The third-order valence-electron chi connectivity index (χ3n) is 4.67. The summed E-state index contributed by atoms with van der Waals surface area (Å²) in [7, 11) is 0. The van der Waals surface area contributed by atoms with Gasteiger partial charge in [0.1, 0.15) is 21.7 Å². The Bertz CT molecular complexity index is 1310. The smallest absolute Gasteiger partial charge is 0.348 e. The average molecular weight is 500 g/mol. The Balaban J connectivity index is 1.69. The van der Waals surface area contributed by atoms with Crippen LogP contribution in [0.5, 0.6) is 0 Å². The fraction of sp³-hybridized carbons (Fsp3) is 0.182. The van der Waals surface area contributed by atoms with E-state index in [4.69, 9.17) is 26.5 Å². The van der Waals surface area contributed by atoms with Crippen molar-refractivity contribution < 1.29 is 13.9 Å². The molecule has 0 spiro atoms. The van der Waals surface area contributed by atoms with Gasteiger partial charge in [0.15, 0.2) is 11.0 Å². The molecule has 0 amide bonds. The standard InChI is InChI=1S/C22H18ClN5O3S2/c1-2-30-21(29)18-17(16(10-24)19(25)33-18)12-32-22-27-26-20(13-5-7-14(23)8-6-13)28(22)11-15-4-3-9-31-15/h3-9H,2,11-12,25H2,1H3. The van der Waals surface area contributed by atoms with E-state index in [1.165, 1.54) is 11.8 Å². The fourth-order valence-electron chi connectivity index (χ4n) is 3.15. The predicted octanol–water partition coefficient (Wildman–Crippen LogP) is 5.22. The number of nitrogen functional groups attached to an aromatic ring is 1. The Labute approximate surface area is 202 Å². The number of nitrogens with two attached hydrogens (primary N) is 1. The third-order valence-corrected chi connectivity index (χ3v) is 6.95. The predicted molar refractivity (Wildman–Crippen MR) is 127 cm³/mol. The van der Waals surface area contributed by atoms with Gasteiger partial charge in [-0.25, -0.2) is 4.79 Å². The number of hydrogen-bond acceptors (Lipinski definition) is 9. The maximum absolute atomic E-state index is 12.4. The quantitative estimate of drug-likeness (QED) is 0.258. The van der Waals surface area contributed by atoms with Crippen molar-refractivity contribution >= 4 is 45.7 Å². The summed E-state index contributed by atoms with van der Waals surface area (Å²) in [5, 5.41) is 19.8. The number of esters is 1. The van der Waals surface area contributed by atoms with Gasteiger partial charge in [0, 0.05) is 21.9 Å². The van der Waals surface area contributed by atoms with Crippen LogP contribution in [0.1, 0.15) is 33.5 Å². The molecule has 8 nitrogen and oxygen atoms in total. The lowest BCUT2D eigenvalue weighted by Crippen LogP contribution is -2.06. The molecule has 11 heteroatoms. The zero-order valence-corrected chi connectivity index (χ0v) is 19.8. The Hall–Kier alpha value is -3.26. The summed E-state index contributed by atoms with van der Waals surface area (Å²) in [4.78, 5) is 12.7. The Morgan fingerprint density at radius 2 is 2.12 bits per heavy atom. The number of nitriles is 1. The van der Waals surface area contributed by atoms with E-state index < -0.39 is 5.97 Å². The van der Waals surface area contributed by atoms with Crippen LogP contribution in [0.2, 0.25) is 5.02 Å². The van der Waals surface area contributed by atoms with E-state index in [-0.39, 0.29) is 17.2 Å². The lowest BCUT2D eigenvalue weighted by Gasteiger charge is -2.09. The molecule has 3 aromatic heterocycles. The van der Waals surface area contributed by atoms with Crippen LogP contribution in [0.25, 0.3) is 11.4 Å². The summed E-state index contributed by atoms with van der Waals surface area (Å²) < 4.78 is 12.6. The SMILES string of the molecule is CCOC(=O)c1sc(N)c(C#N)c1CSc1nnc(-c2ccc(Cl)cc2)n1Cc1ccco1. The molecular formula is C22H18ClN5O3S2. The molecule has 4 rings (SSSR count). The largest absolute Gasteiger partial charge is 0.467 e. The number of nitrogens with zero attached hydrogens (tertiary/aromatic N) is 4. The van der Waals surface area contributed by atoms with E-state index in [0.29, 0.717) is 38.7 Å². The van der Waals surface area contributed by atoms with E-state index in [2.05, 4.69) is 16.3 Å². The van der Waals surface area contributed by atoms with E-state index in [0.717, 1.165) is 22.7 Å². The minimum Gasteiger partial charge on any atom is -0.467 e. The second kappa shape index (κ2) is 10.1. The fourth-order valence-corrected chi connectivity index (χ4v) is 5.27. The number of thioether (sulfide) groups is 1. The lowest BCUT2D eigenvalue weighted by atomic mass is 10.2. The molecule has 33 heavy (non-hydrogen) atoms. The summed E-state index contributed by atoms with van der Waals surface area (Å²) in [6.07, 6.45) is 1.60. The number of rotatable bonds is 8. The normalized spacial score (nSPS) is 10.8. The highest BCUT2D eigenvalue weighted by Gasteiger charge is 2.24. The van der Waals surface area contributed by atoms with Gasteiger partial charge in [0.2, 0.25) is 0 Å². The van der Waals surface area contributed by atoms with Gasteiger partial charge in [-0.1, -0.05) is 23.4 Å². The van der Waals surface area contributed by atoms with Crippen LogP contribution in [0.15, 0.2) is 52.2 Å². The second-order valence-electron chi connectivity index (χ2n) is 6.75. The minimum absolute atomic E-state index is 0.229. The number of thiophene rings is 1. The molecule has 0 radical (unpaired) electrons. The van der Waals surface area contributed by atoms with E-state index in [1.807, 2.05) is 28.8 Å². The number of anilines is 1. The summed E-state index contributed by atoms with van der Waals surface area (Å²) in [5.41, 5.74) is 7.65. The van der Waals surface area contributed by atoms with Crippen molar-refractivity contribution in [3.8, 4) is 17.5 Å². The van der Waals surface area contributed by atoms with E-state index in [9.17, 15) is 10.1 Å². The van der Waals surface area contributed by atoms with Gasteiger partial charge >= 0.3 is 5.97 Å². The second-order valence-corrected chi connectivity index (χ2v) is 9.18. The van der Waals surface area contributed by atoms with E-state index in [1.54, 1.807) is 25.3 Å². The number of carbonyl (C=O) groups is 1. The number of ether oxygens (including phenoxy) is 1. The summed E-state index contributed by atoms with van der Waals surface area (Å²) in [6, 6.07) is 13.1.